The summed E-state index contributed by atoms with van der Waals surface area (Å²) in [5.41, 5.74) is 1.43. The first kappa shape index (κ1) is 21.1. The van der Waals surface area contributed by atoms with Crippen LogP contribution in [-0.4, -0.2) is 45.3 Å². The summed E-state index contributed by atoms with van der Waals surface area (Å²) in [6.07, 6.45) is 5.94. The minimum absolute atomic E-state index is 0. The van der Waals surface area contributed by atoms with E-state index in [4.69, 9.17) is 4.99 Å². The Morgan fingerprint density at radius 2 is 2.00 bits per heavy atom. The number of nitrogens with one attached hydrogen (secondary N) is 1. The van der Waals surface area contributed by atoms with Crippen LogP contribution in [0, 0.1) is 0 Å². The van der Waals surface area contributed by atoms with Crippen molar-refractivity contribution in [3.63, 3.8) is 0 Å². The van der Waals surface area contributed by atoms with E-state index in [9.17, 15) is 0 Å². The molecular weight excluding hydrogens is 463 g/mol. The molecule has 0 aliphatic carbocycles. The molecule has 152 valence electrons. The Morgan fingerprint density at radius 3 is 2.82 bits per heavy atom. The van der Waals surface area contributed by atoms with E-state index in [1.807, 2.05) is 0 Å². The number of hydrogen-bond donors (Lipinski definition) is 1. The Morgan fingerprint density at radius 1 is 1.14 bits per heavy atom. The van der Waals surface area contributed by atoms with Gasteiger partial charge in [0.2, 0.25) is 0 Å². The molecule has 6 nitrogen and oxygen atoms in total. The van der Waals surface area contributed by atoms with Gasteiger partial charge in [-0.15, -0.1) is 34.2 Å². The molecule has 3 heterocycles. The van der Waals surface area contributed by atoms with Crippen molar-refractivity contribution in [1.82, 2.24) is 25.0 Å². The van der Waals surface area contributed by atoms with Gasteiger partial charge in [0.1, 0.15) is 12.4 Å². The highest BCUT2D eigenvalue weighted by atomic mass is 127. The van der Waals surface area contributed by atoms with Gasteiger partial charge in [-0.05, 0) is 31.7 Å². The quantitative estimate of drug-likeness (QED) is 0.401. The first-order valence-corrected chi connectivity index (χ1v) is 10.3. The minimum Gasteiger partial charge on any atom is -0.357 e. The van der Waals surface area contributed by atoms with Gasteiger partial charge in [0.05, 0.1) is 0 Å². The summed E-state index contributed by atoms with van der Waals surface area (Å²) in [5.74, 6) is 3.72. The number of benzene rings is 1. The third kappa shape index (κ3) is 4.85. The smallest absolute Gasteiger partial charge is 0.194 e. The zero-order valence-electron chi connectivity index (χ0n) is 16.7. The van der Waals surface area contributed by atoms with Crippen molar-refractivity contribution in [2.75, 3.05) is 19.6 Å². The van der Waals surface area contributed by atoms with Crippen LogP contribution in [0.2, 0.25) is 0 Å². The van der Waals surface area contributed by atoms with Crippen LogP contribution in [0.15, 0.2) is 35.3 Å². The van der Waals surface area contributed by atoms with E-state index in [0.717, 1.165) is 50.2 Å². The zero-order chi connectivity index (χ0) is 18.5. The number of hydrogen-bond acceptors (Lipinski definition) is 3. The molecule has 0 bridgehead atoms. The molecule has 2 aliphatic rings. The van der Waals surface area contributed by atoms with E-state index < -0.39 is 0 Å². The molecule has 1 saturated heterocycles. The summed E-state index contributed by atoms with van der Waals surface area (Å²) in [5, 5.41) is 12.3. The van der Waals surface area contributed by atoms with Crippen LogP contribution < -0.4 is 5.32 Å². The first-order valence-electron chi connectivity index (χ1n) is 10.3. The maximum atomic E-state index is 4.91. The van der Waals surface area contributed by atoms with Gasteiger partial charge < -0.3 is 14.8 Å². The molecule has 0 amide bonds. The first-order chi connectivity index (χ1) is 13.3. The number of rotatable bonds is 4. The van der Waals surface area contributed by atoms with E-state index in [1.54, 1.807) is 0 Å². The second-order valence-corrected chi connectivity index (χ2v) is 7.51. The molecule has 0 radical (unpaired) electrons. The number of aromatic nitrogens is 3. The fourth-order valence-electron chi connectivity index (χ4n) is 4.18. The van der Waals surface area contributed by atoms with E-state index in [-0.39, 0.29) is 24.0 Å². The Balaban J connectivity index is 0.00000225. The molecule has 0 saturated carbocycles. The van der Waals surface area contributed by atoms with Crippen LogP contribution in [0.4, 0.5) is 0 Å². The fourth-order valence-corrected chi connectivity index (χ4v) is 4.18. The third-order valence-corrected chi connectivity index (χ3v) is 5.65. The zero-order valence-corrected chi connectivity index (χ0v) is 19.0. The molecule has 2 aliphatic heterocycles. The lowest BCUT2D eigenvalue weighted by Gasteiger charge is -2.21. The van der Waals surface area contributed by atoms with Gasteiger partial charge in [0, 0.05) is 38.5 Å². The largest absolute Gasteiger partial charge is 0.357 e. The van der Waals surface area contributed by atoms with Gasteiger partial charge in [0.25, 0.3) is 0 Å². The van der Waals surface area contributed by atoms with Crippen molar-refractivity contribution in [3.05, 3.63) is 47.5 Å². The van der Waals surface area contributed by atoms with Crippen molar-refractivity contribution in [1.29, 1.82) is 0 Å². The summed E-state index contributed by atoms with van der Waals surface area (Å²) in [4.78, 5) is 7.30. The Kier molecular flexibility index (Phi) is 7.70. The maximum Gasteiger partial charge on any atom is 0.194 e. The highest BCUT2D eigenvalue weighted by Crippen LogP contribution is 2.27. The molecule has 4 rings (SSSR count). The molecule has 1 aromatic heterocycles. The highest BCUT2D eigenvalue weighted by Gasteiger charge is 2.26. The summed E-state index contributed by atoms with van der Waals surface area (Å²) < 4.78 is 2.29. The van der Waals surface area contributed by atoms with Gasteiger partial charge >= 0.3 is 0 Å². The molecule has 1 unspecified atom stereocenters. The minimum atomic E-state index is 0. The molecule has 28 heavy (non-hydrogen) atoms. The molecule has 7 heteroatoms. The summed E-state index contributed by atoms with van der Waals surface area (Å²) in [7, 11) is 0. The van der Waals surface area contributed by atoms with Crippen molar-refractivity contribution < 1.29 is 0 Å². The van der Waals surface area contributed by atoms with Crippen LogP contribution in [0.5, 0.6) is 0 Å². The average molecular weight is 494 g/mol. The number of nitrogens with zero attached hydrogens (tertiary/aromatic N) is 5. The lowest BCUT2D eigenvalue weighted by atomic mass is 9.99. The van der Waals surface area contributed by atoms with Gasteiger partial charge in [-0.25, -0.2) is 4.99 Å². The lowest BCUT2D eigenvalue weighted by molar-refractivity contribution is 0.484. The Hall–Kier alpha value is -1.64. The van der Waals surface area contributed by atoms with E-state index in [0.29, 0.717) is 12.5 Å². The van der Waals surface area contributed by atoms with E-state index >= 15 is 0 Å². The van der Waals surface area contributed by atoms with E-state index in [2.05, 4.69) is 62.2 Å². The van der Waals surface area contributed by atoms with Gasteiger partial charge in [-0.2, -0.15) is 0 Å². The van der Waals surface area contributed by atoms with Gasteiger partial charge in [0.15, 0.2) is 11.8 Å². The topological polar surface area (TPSA) is 58.3 Å². The molecule has 1 N–H and O–H groups in total. The molecule has 1 fully saturated rings. The van der Waals surface area contributed by atoms with Crippen LogP contribution >= 0.6 is 24.0 Å². The fraction of sp³-hybridized carbons (Fsp3) is 0.571. The van der Waals surface area contributed by atoms with Crippen LogP contribution in [0.3, 0.4) is 0 Å². The number of guanidine groups is 1. The van der Waals surface area contributed by atoms with Crippen LogP contribution in [0.1, 0.15) is 55.7 Å². The van der Waals surface area contributed by atoms with Crippen LogP contribution in [-0.2, 0) is 19.5 Å². The predicted molar refractivity (Wildman–Crippen MR) is 123 cm³/mol. The van der Waals surface area contributed by atoms with E-state index in [1.165, 1.54) is 31.2 Å². The number of fused-ring (bicyclic) bond motifs is 1. The SMILES string of the molecule is CCNC(=NCc1nnc2n1CCCCC2)N1CCC(c2ccccc2)C1.I. The van der Waals surface area contributed by atoms with Crippen LogP contribution in [0.25, 0.3) is 0 Å². The van der Waals surface area contributed by atoms with Gasteiger partial charge in [-0.1, -0.05) is 36.8 Å². The third-order valence-electron chi connectivity index (χ3n) is 5.65. The lowest BCUT2D eigenvalue weighted by Crippen LogP contribution is -2.40. The number of halogens is 1. The van der Waals surface area contributed by atoms with Crippen molar-refractivity contribution in [3.8, 4) is 0 Å². The number of aliphatic imine (C=N–C) groups is 1. The summed E-state index contributed by atoms with van der Waals surface area (Å²) in [6, 6.07) is 10.8. The predicted octanol–water partition coefficient (Wildman–Crippen LogP) is 3.58. The standard InChI is InChI=1S/C21H30N6.HI/c1-2-22-21(26-14-12-18(16-26)17-9-5-3-6-10-17)23-15-20-25-24-19-11-7-4-8-13-27(19)20;/h3,5-6,9-10,18H,2,4,7-8,11-16H2,1H3,(H,22,23);1H. The van der Waals surface area contributed by atoms with Crippen molar-refractivity contribution in [2.45, 2.75) is 58.0 Å². The summed E-state index contributed by atoms with van der Waals surface area (Å²) >= 11 is 0. The highest BCUT2D eigenvalue weighted by molar-refractivity contribution is 14.0. The van der Waals surface area contributed by atoms with Crippen molar-refractivity contribution in [2.24, 2.45) is 4.99 Å². The second kappa shape index (κ2) is 10.2. The Bertz CT molecular complexity index is 772. The normalized spacial score (nSPS) is 19.7. The molecule has 1 atom stereocenters. The maximum absolute atomic E-state index is 4.91. The van der Waals surface area contributed by atoms with Crippen molar-refractivity contribution >= 4 is 29.9 Å². The second-order valence-electron chi connectivity index (χ2n) is 7.51. The Labute approximate surface area is 184 Å². The van der Waals surface area contributed by atoms with Gasteiger partial charge in [-0.3, -0.25) is 0 Å². The summed E-state index contributed by atoms with van der Waals surface area (Å²) in [6.45, 7) is 6.70. The molecular formula is C21H31IN6. The molecule has 2 aromatic rings. The molecule has 1 aromatic carbocycles. The molecule has 0 spiro atoms. The average Bonchev–Trinajstić information content (AvgIpc) is 3.27. The monoisotopic (exact) mass is 494 g/mol. The number of aryl methyl sites for hydroxylation is 1. The number of likely N-dealkylation sites (tertiary alicyclic amines) is 1.